The highest BCUT2D eigenvalue weighted by Gasteiger charge is 2.39. The molecule has 13 heteroatoms. The van der Waals surface area contributed by atoms with Crippen molar-refractivity contribution in [3.63, 3.8) is 0 Å². The van der Waals surface area contributed by atoms with Crippen molar-refractivity contribution < 1.29 is 13.9 Å². The van der Waals surface area contributed by atoms with Crippen molar-refractivity contribution in [2.45, 2.75) is 6.92 Å². The minimum absolute atomic E-state index is 0.181. The van der Waals surface area contributed by atoms with E-state index in [0.717, 1.165) is 89.7 Å². The molecule has 2 aliphatic rings. The second kappa shape index (κ2) is 23.8. The first-order chi connectivity index (χ1) is 39.6. The highest BCUT2D eigenvalue weighted by atomic mass is 32.1. The van der Waals surface area contributed by atoms with E-state index in [1.165, 1.54) is 27.4 Å². The molecule has 9 aromatic carbocycles. The molecular formula is C67H49BN8O3S. The van der Waals surface area contributed by atoms with E-state index in [1.807, 2.05) is 192 Å². The van der Waals surface area contributed by atoms with Gasteiger partial charge in [0.2, 0.25) is 0 Å². The second-order valence-electron chi connectivity index (χ2n) is 18.5. The fraction of sp³-hybridized carbons (Fsp3) is 0.0149. The fourth-order valence-electron chi connectivity index (χ4n) is 9.53. The van der Waals surface area contributed by atoms with Gasteiger partial charge in [0.1, 0.15) is 46.7 Å². The van der Waals surface area contributed by atoms with Crippen LogP contribution in [0.5, 0.6) is 23.0 Å². The van der Waals surface area contributed by atoms with Crippen molar-refractivity contribution in [2.24, 2.45) is 0 Å². The van der Waals surface area contributed by atoms with Gasteiger partial charge in [0.25, 0.3) is 6.71 Å². The highest BCUT2D eigenvalue weighted by Crippen LogP contribution is 2.35. The zero-order valence-electron chi connectivity index (χ0n) is 43.3. The van der Waals surface area contributed by atoms with Crippen LogP contribution in [-0.4, -0.2) is 45.8 Å². The number of para-hydroxylation sites is 10. The molecule has 0 radical (unpaired) electrons. The average Bonchev–Trinajstić information content (AvgIpc) is 4.42. The first kappa shape index (κ1) is 50.3. The number of rotatable bonds is 2. The number of oxazole rings is 1. The molecule has 0 saturated heterocycles. The lowest BCUT2D eigenvalue weighted by Gasteiger charge is -2.33. The maximum Gasteiger partial charge on any atom is 0.260 e. The molecule has 0 saturated carbocycles. The molecule has 6 aromatic heterocycles. The molecule has 384 valence electrons. The average molecular weight is 1060 g/mol. The van der Waals surface area contributed by atoms with Gasteiger partial charge in [0, 0.05) is 34.6 Å². The number of ether oxygens (including phenoxy) is 2. The van der Waals surface area contributed by atoms with Gasteiger partial charge in [-0.25, -0.2) is 24.9 Å². The van der Waals surface area contributed by atoms with Gasteiger partial charge < -0.3 is 13.9 Å². The topological polar surface area (TPSA) is 119 Å². The third-order valence-electron chi connectivity index (χ3n) is 13.3. The third kappa shape index (κ3) is 11.2. The second-order valence-corrected chi connectivity index (χ2v) is 19.3. The summed E-state index contributed by atoms with van der Waals surface area (Å²) in [6.45, 7) is 2.25. The summed E-state index contributed by atoms with van der Waals surface area (Å²) in [5.74, 6) is 3.70. The van der Waals surface area contributed by atoms with Gasteiger partial charge in [-0.05, 0) is 133 Å². The summed E-state index contributed by atoms with van der Waals surface area (Å²) in [6.07, 6.45) is 8.70. The standard InChI is InChI=1S/C19H13BO2.C13H10N2.C12H9N3.C9H7N.C7H5NO.C7H5NS/c1-12-10-17-19-18(11-12)22-16-9-5-3-7-14(16)20(19)13-6-2-4-8-15(13)21-17;1-2-6-11(7-3-1)15-10-14-12-8-4-5-9-13(12)15;1-2-5-10(6-3-1)15-9-14-11-7-4-8-13-12(11)15;1-2-6-9-8(4-1)5-3-7-10-9;2*1-2-4-7-6(3-1)8-5-9-7/h2-11H,1H3;1-10H;1-9H;1-7H;2*1-5H. The maximum absolute atomic E-state index is 6.14. The van der Waals surface area contributed by atoms with Crippen LogP contribution in [0.2, 0.25) is 0 Å². The minimum Gasteiger partial charge on any atom is -0.458 e. The molecule has 80 heavy (non-hydrogen) atoms. The Balaban J connectivity index is 0.0000000987. The lowest BCUT2D eigenvalue weighted by Crippen LogP contribution is -2.57. The molecule has 0 spiro atoms. The Kier molecular flexibility index (Phi) is 15.0. The van der Waals surface area contributed by atoms with Crippen LogP contribution in [0.3, 0.4) is 0 Å². The van der Waals surface area contributed by atoms with Gasteiger partial charge in [-0.2, -0.15) is 0 Å². The fourth-order valence-corrected chi connectivity index (χ4v) is 10.2. The molecule has 17 rings (SSSR count). The van der Waals surface area contributed by atoms with Crippen molar-refractivity contribution in [1.29, 1.82) is 0 Å². The number of thiazole rings is 1. The molecule has 0 bridgehead atoms. The molecule has 0 fully saturated rings. The number of hydrogen-bond acceptors (Lipinski definition) is 10. The molecule has 11 nitrogen and oxygen atoms in total. The van der Waals surface area contributed by atoms with Crippen LogP contribution in [0.4, 0.5) is 0 Å². The molecule has 0 aliphatic carbocycles. The summed E-state index contributed by atoms with van der Waals surface area (Å²) in [4.78, 5) is 25.2. The predicted octanol–water partition coefficient (Wildman–Crippen LogP) is 14.5. The number of nitrogens with zero attached hydrogens (tertiary/aromatic N) is 8. The Labute approximate surface area is 465 Å². The van der Waals surface area contributed by atoms with Crippen LogP contribution in [0.1, 0.15) is 5.56 Å². The molecular weight excluding hydrogens is 1010 g/mol. The highest BCUT2D eigenvalue weighted by molar-refractivity contribution is 7.16. The van der Waals surface area contributed by atoms with Crippen molar-refractivity contribution in [3.05, 3.63) is 285 Å². The summed E-state index contributed by atoms with van der Waals surface area (Å²) < 4.78 is 22.6. The van der Waals surface area contributed by atoms with E-state index >= 15 is 0 Å². The molecule has 0 N–H and O–H groups in total. The first-order valence-corrected chi connectivity index (χ1v) is 26.8. The van der Waals surface area contributed by atoms with Gasteiger partial charge in [0.05, 0.1) is 32.3 Å². The van der Waals surface area contributed by atoms with E-state index in [9.17, 15) is 0 Å². The summed E-state index contributed by atoms with van der Waals surface area (Å²) in [6, 6.07) is 80.9. The van der Waals surface area contributed by atoms with Crippen LogP contribution in [0.25, 0.3) is 65.8 Å². The summed E-state index contributed by atoms with van der Waals surface area (Å²) in [5, 5.41) is 1.20. The van der Waals surface area contributed by atoms with Crippen LogP contribution in [0, 0.1) is 6.92 Å². The Morgan fingerprint density at radius 1 is 0.412 bits per heavy atom. The molecule has 8 heterocycles. The van der Waals surface area contributed by atoms with E-state index in [4.69, 9.17) is 13.9 Å². The van der Waals surface area contributed by atoms with E-state index in [1.54, 1.807) is 23.9 Å². The Hall–Kier alpha value is -10.5. The zero-order chi connectivity index (χ0) is 53.9. The number of aryl methyl sites for hydroxylation is 1. The summed E-state index contributed by atoms with van der Waals surface area (Å²) >= 11 is 1.68. The number of aromatic nitrogens is 8. The first-order valence-electron chi connectivity index (χ1n) is 26.0. The van der Waals surface area contributed by atoms with E-state index in [0.29, 0.717) is 0 Å². The molecule has 0 unspecified atom stereocenters. The van der Waals surface area contributed by atoms with Crippen molar-refractivity contribution in [2.75, 3.05) is 0 Å². The van der Waals surface area contributed by atoms with Crippen LogP contribution < -0.4 is 25.9 Å². The number of fused-ring (bicyclic) bond motifs is 9. The number of benzene rings is 9. The zero-order valence-corrected chi connectivity index (χ0v) is 44.2. The van der Waals surface area contributed by atoms with Crippen molar-refractivity contribution in [1.82, 2.24) is 39.0 Å². The number of hydrogen-bond donors (Lipinski definition) is 0. The molecule has 0 amide bonds. The Morgan fingerprint density at radius 2 is 0.950 bits per heavy atom. The largest absolute Gasteiger partial charge is 0.458 e. The van der Waals surface area contributed by atoms with Gasteiger partial charge in [0.15, 0.2) is 17.6 Å². The van der Waals surface area contributed by atoms with Gasteiger partial charge in [-0.1, -0.05) is 133 Å². The van der Waals surface area contributed by atoms with Gasteiger partial charge in [-0.3, -0.25) is 14.1 Å². The lowest BCUT2D eigenvalue weighted by atomic mass is 9.35. The minimum atomic E-state index is 0.181. The normalized spacial score (nSPS) is 11.2. The SMILES string of the molecule is Cc1cc2c3c(c1)Oc1ccccc1B3c1ccccc1O2.c1ccc(-n2cnc3ccccc32)cc1.c1ccc(-n2cnc3cccnc32)cc1.c1ccc2ncccc2c1.c1ccc2ocnc2c1.c1ccc2scnc2c1. The van der Waals surface area contributed by atoms with Crippen LogP contribution in [0.15, 0.2) is 284 Å². The molecule has 2 aliphatic heterocycles. The monoisotopic (exact) mass is 1060 g/mol. The summed E-state index contributed by atoms with van der Waals surface area (Å²) in [5.41, 5.74) is 16.7. The summed E-state index contributed by atoms with van der Waals surface area (Å²) in [7, 11) is 0. The predicted molar refractivity (Wildman–Crippen MR) is 324 cm³/mol. The Bertz CT molecular complexity index is 4130. The van der Waals surface area contributed by atoms with E-state index in [-0.39, 0.29) is 6.71 Å². The van der Waals surface area contributed by atoms with E-state index in [2.05, 4.69) is 114 Å². The quantitative estimate of drug-likeness (QED) is 0.156. The molecule has 15 aromatic rings. The van der Waals surface area contributed by atoms with Crippen molar-refractivity contribution in [3.8, 4) is 34.4 Å². The lowest BCUT2D eigenvalue weighted by molar-refractivity contribution is 0.464. The van der Waals surface area contributed by atoms with Crippen molar-refractivity contribution >= 4 is 88.9 Å². The van der Waals surface area contributed by atoms with Gasteiger partial charge in [-0.15, -0.1) is 11.3 Å². The van der Waals surface area contributed by atoms with Gasteiger partial charge >= 0.3 is 0 Å². The number of imidazole rings is 2. The maximum atomic E-state index is 6.14. The smallest absolute Gasteiger partial charge is 0.260 e. The van der Waals surface area contributed by atoms with Crippen LogP contribution >= 0.6 is 11.3 Å². The molecule has 0 atom stereocenters. The number of pyridine rings is 2. The third-order valence-corrected chi connectivity index (χ3v) is 14.1. The van der Waals surface area contributed by atoms with Crippen LogP contribution in [-0.2, 0) is 0 Å². The van der Waals surface area contributed by atoms with E-state index < -0.39 is 0 Å². The Morgan fingerprint density at radius 3 is 1.66 bits per heavy atom.